The van der Waals surface area contributed by atoms with E-state index in [1.807, 2.05) is 0 Å². The molecule has 0 saturated heterocycles. The van der Waals surface area contributed by atoms with Crippen LogP contribution in [0.3, 0.4) is 0 Å². The summed E-state index contributed by atoms with van der Waals surface area (Å²) in [5.74, 6) is 0. The molecule has 1 atom stereocenters. The molecule has 0 fully saturated rings. The van der Waals surface area contributed by atoms with E-state index in [0.29, 0.717) is 6.54 Å². The summed E-state index contributed by atoms with van der Waals surface area (Å²) in [4.78, 5) is 0. The minimum absolute atomic E-state index is 0. The van der Waals surface area contributed by atoms with Crippen LogP contribution in [0.4, 0.5) is 0 Å². The number of nitrogens with two attached hydrogens (primary N) is 1. The zero-order chi connectivity index (χ0) is 9.56. The molecule has 0 saturated carbocycles. The number of hydrogen-bond acceptors (Lipinski definition) is 6. The summed E-state index contributed by atoms with van der Waals surface area (Å²) in [6.45, 7) is 0.321. The zero-order valence-corrected chi connectivity index (χ0v) is 12.9. The molecular formula is C4H8N4S4Zn. The normalized spacial score (nSPS) is 10.8. The van der Waals surface area contributed by atoms with Crippen LogP contribution in [-0.4, -0.2) is 21.4 Å². The fourth-order valence-electron chi connectivity index (χ4n) is 0.442. The summed E-state index contributed by atoms with van der Waals surface area (Å²) in [7, 11) is 0. The van der Waals surface area contributed by atoms with Crippen LogP contribution in [0.25, 0.3) is 0 Å². The number of thiocarbonyl (C=S) groups is 2. The van der Waals surface area contributed by atoms with Crippen LogP contribution in [0.15, 0.2) is 0 Å². The molecular weight excluding hydrogens is 298 g/mol. The van der Waals surface area contributed by atoms with Gasteiger partial charge in [0.1, 0.15) is 6.17 Å². The molecule has 4 nitrogen and oxygen atoms in total. The van der Waals surface area contributed by atoms with Crippen molar-refractivity contribution in [3.05, 3.63) is 0 Å². The van der Waals surface area contributed by atoms with Crippen molar-refractivity contribution >= 4 is 58.3 Å². The first-order valence-corrected chi connectivity index (χ1v) is 4.59. The Bertz CT molecular complexity index is 178. The van der Waals surface area contributed by atoms with Crippen LogP contribution in [0, 0.1) is 0 Å². The van der Waals surface area contributed by atoms with E-state index in [4.69, 9.17) is 5.73 Å². The molecule has 0 heterocycles. The van der Waals surface area contributed by atoms with E-state index >= 15 is 0 Å². The Kier molecular flexibility index (Phi) is 11.6. The Morgan fingerprint density at radius 3 is 2.15 bits per heavy atom. The van der Waals surface area contributed by atoms with E-state index in [9.17, 15) is 0 Å². The Morgan fingerprint density at radius 2 is 1.85 bits per heavy atom. The van der Waals surface area contributed by atoms with E-state index < -0.39 is 0 Å². The first kappa shape index (κ1) is 16.2. The average Bonchev–Trinajstić information content (AvgIpc) is 1.97. The fraction of sp³-hybridized carbons (Fsp3) is 0.500. The summed E-state index contributed by atoms with van der Waals surface area (Å²) in [6, 6.07) is 0. The third-order valence-electron chi connectivity index (χ3n) is 0.876. The molecule has 0 aromatic rings. The van der Waals surface area contributed by atoms with Crippen LogP contribution >= 0.6 is 24.4 Å². The fourth-order valence-corrected chi connectivity index (χ4v) is 0.845. The third kappa shape index (κ3) is 10.7. The van der Waals surface area contributed by atoms with Gasteiger partial charge in [0, 0.05) is 6.54 Å². The van der Waals surface area contributed by atoms with Crippen LogP contribution in [0.2, 0.25) is 0 Å². The van der Waals surface area contributed by atoms with Gasteiger partial charge in [0.15, 0.2) is 0 Å². The molecule has 0 aromatic heterocycles. The van der Waals surface area contributed by atoms with Gasteiger partial charge in [-0.05, 0) is 4.32 Å². The van der Waals surface area contributed by atoms with E-state index in [0.717, 1.165) is 0 Å². The molecule has 0 aliphatic heterocycles. The first-order valence-electron chi connectivity index (χ1n) is 2.96. The monoisotopic (exact) mass is 304 g/mol. The predicted molar refractivity (Wildman–Crippen MR) is 62.2 cm³/mol. The van der Waals surface area contributed by atoms with Gasteiger partial charge in [-0.3, -0.25) is 0 Å². The van der Waals surface area contributed by atoms with Crippen molar-refractivity contribution in [1.82, 2.24) is 16.2 Å². The second-order valence-electron chi connectivity index (χ2n) is 1.78. The van der Waals surface area contributed by atoms with Crippen molar-refractivity contribution in [3.63, 3.8) is 0 Å². The van der Waals surface area contributed by atoms with Crippen molar-refractivity contribution in [2.24, 2.45) is 5.73 Å². The molecule has 0 radical (unpaired) electrons. The minimum Gasteiger partial charge on any atom is -0.412 e. The topological polar surface area (TPSA) is 62.1 Å². The van der Waals surface area contributed by atoms with Crippen molar-refractivity contribution in [3.8, 4) is 0 Å². The maximum atomic E-state index is 5.36. The summed E-state index contributed by atoms with van der Waals surface area (Å²) >= 11 is 18.5. The van der Waals surface area contributed by atoms with Crippen LogP contribution < -0.4 is 21.9 Å². The maximum Gasteiger partial charge on any atom is 2.00 e. The number of hydrogen-bond donors (Lipinski definition) is 4. The van der Waals surface area contributed by atoms with E-state index in [2.05, 4.69) is 65.9 Å². The van der Waals surface area contributed by atoms with Gasteiger partial charge < -0.3 is 66.2 Å². The van der Waals surface area contributed by atoms with Gasteiger partial charge in [0.05, 0.1) is 0 Å². The summed E-state index contributed by atoms with van der Waals surface area (Å²) < 4.78 is 0.459. The second kappa shape index (κ2) is 9.32. The van der Waals surface area contributed by atoms with Gasteiger partial charge in [-0.25, -0.2) is 5.43 Å². The number of rotatable bonds is 4. The molecule has 0 aromatic carbocycles. The van der Waals surface area contributed by atoms with E-state index in [1.165, 1.54) is 0 Å². The van der Waals surface area contributed by atoms with Gasteiger partial charge in [-0.1, -0.05) is 4.32 Å². The molecule has 9 heteroatoms. The standard InChI is InChI=1S/C4H10N4S4.Zn/c5-1-2(6-3(9)10)7-8-4(11)12;/h2,7H,1,5H2,(H2,6,9,10)(H2,8,11,12);/q;+2/p-2. The van der Waals surface area contributed by atoms with Gasteiger partial charge in [0.25, 0.3) is 0 Å². The zero-order valence-electron chi connectivity index (χ0n) is 6.70. The van der Waals surface area contributed by atoms with Gasteiger partial charge in [-0.15, -0.1) is 0 Å². The van der Waals surface area contributed by atoms with Crippen LogP contribution in [0.5, 0.6) is 0 Å². The third-order valence-corrected chi connectivity index (χ3v) is 1.32. The quantitative estimate of drug-likeness (QED) is 0.167. The predicted octanol–water partition coefficient (Wildman–Crippen LogP) is -1.38. The molecule has 0 aliphatic rings. The second-order valence-corrected chi connectivity index (χ2v) is 3.93. The molecule has 0 bridgehead atoms. The Hall–Kier alpha value is 0.763. The van der Waals surface area contributed by atoms with E-state index in [1.54, 1.807) is 0 Å². The molecule has 0 spiro atoms. The Labute approximate surface area is 112 Å². The summed E-state index contributed by atoms with van der Waals surface area (Å²) in [5, 5.41) is 2.73. The number of nitrogens with one attached hydrogen (secondary N) is 3. The Balaban J connectivity index is 0. The first-order chi connectivity index (χ1) is 5.56. The Morgan fingerprint density at radius 1 is 1.31 bits per heavy atom. The van der Waals surface area contributed by atoms with Gasteiger partial charge >= 0.3 is 19.5 Å². The maximum absolute atomic E-state index is 5.36. The average molecular weight is 306 g/mol. The van der Waals surface area contributed by atoms with Crippen molar-refractivity contribution < 1.29 is 19.5 Å². The smallest absolute Gasteiger partial charge is 0.412 e. The number of hydrazine groups is 1. The molecule has 13 heavy (non-hydrogen) atoms. The minimum atomic E-state index is -0.254. The molecule has 0 amide bonds. The van der Waals surface area contributed by atoms with E-state index in [-0.39, 0.29) is 34.3 Å². The molecule has 1 unspecified atom stereocenters. The summed E-state index contributed by atoms with van der Waals surface area (Å²) in [6.07, 6.45) is -0.254. The summed E-state index contributed by atoms with van der Waals surface area (Å²) in [5.41, 5.74) is 10.6. The van der Waals surface area contributed by atoms with Gasteiger partial charge in [0.2, 0.25) is 0 Å². The van der Waals surface area contributed by atoms with Crippen molar-refractivity contribution in [2.75, 3.05) is 6.54 Å². The molecule has 70 valence electrons. The van der Waals surface area contributed by atoms with Crippen LogP contribution in [-0.2, 0) is 44.7 Å². The van der Waals surface area contributed by atoms with Crippen molar-refractivity contribution in [1.29, 1.82) is 0 Å². The molecule has 0 rings (SSSR count). The van der Waals surface area contributed by atoms with Crippen LogP contribution in [0.1, 0.15) is 0 Å². The molecule has 0 aliphatic carbocycles. The molecule has 5 N–H and O–H groups in total. The largest absolute Gasteiger partial charge is 2.00 e. The SMILES string of the molecule is NCC(NNC(=S)[S-])NC(=S)[S-].[Zn+2]. The van der Waals surface area contributed by atoms with Crippen molar-refractivity contribution in [2.45, 2.75) is 6.17 Å². The van der Waals surface area contributed by atoms with Gasteiger partial charge in [-0.2, -0.15) is 0 Å².